The van der Waals surface area contributed by atoms with Crippen molar-refractivity contribution in [2.45, 2.75) is 13.1 Å². The van der Waals surface area contributed by atoms with Gasteiger partial charge >= 0.3 is 6.03 Å². The summed E-state index contributed by atoms with van der Waals surface area (Å²) in [5.41, 5.74) is 3.36. The second kappa shape index (κ2) is 7.42. The van der Waals surface area contributed by atoms with Crippen LogP contribution in [0.2, 0.25) is 0 Å². The summed E-state index contributed by atoms with van der Waals surface area (Å²) in [6.45, 7) is 2.63. The molecule has 1 aliphatic rings. The first-order chi connectivity index (χ1) is 12.0. The molecule has 0 atom stereocenters. The fourth-order valence-corrected chi connectivity index (χ4v) is 2.94. The Labute approximate surface area is 149 Å². The molecule has 0 spiro atoms. The smallest absolute Gasteiger partial charge is 0.318 e. The molecule has 0 fully saturated rings. The van der Waals surface area contributed by atoms with Gasteiger partial charge < -0.3 is 20.0 Å². The second-order valence-electron chi connectivity index (χ2n) is 6.55. The number of amides is 2. The molecule has 3 rings (SSSR count). The van der Waals surface area contributed by atoms with E-state index in [9.17, 15) is 4.79 Å². The lowest BCUT2D eigenvalue weighted by molar-refractivity contribution is 0.197. The number of rotatable bonds is 3. The van der Waals surface area contributed by atoms with Gasteiger partial charge in [-0.1, -0.05) is 24.3 Å². The Hall–Kier alpha value is -2.76. The molecule has 2 amide bonds. The maximum atomic E-state index is 12.6. The maximum absolute atomic E-state index is 12.6. The maximum Gasteiger partial charge on any atom is 0.318 e. The number of hydrogen-bond acceptors (Lipinski definition) is 4. The largest absolute Gasteiger partial charge is 0.373 e. The summed E-state index contributed by atoms with van der Waals surface area (Å²) in [5, 5.41) is 3.01. The van der Waals surface area contributed by atoms with Gasteiger partial charge in [-0.05, 0) is 23.3 Å². The Morgan fingerprint density at radius 1 is 1.20 bits per heavy atom. The fourth-order valence-electron chi connectivity index (χ4n) is 2.94. The summed E-state index contributed by atoms with van der Waals surface area (Å²) in [7, 11) is 5.98. The predicted molar refractivity (Wildman–Crippen MR) is 101 cm³/mol. The number of carbonyl (C=O) groups is 1. The molecule has 6 heteroatoms. The first kappa shape index (κ1) is 17.1. The van der Waals surface area contributed by atoms with Crippen LogP contribution in [0.25, 0.3) is 0 Å². The highest BCUT2D eigenvalue weighted by Gasteiger charge is 2.20. The van der Waals surface area contributed by atoms with Crippen LogP contribution in [0.15, 0.2) is 42.6 Å². The number of urea groups is 1. The van der Waals surface area contributed by atoms with Gasteiger partial charge in [0.25, 0.3) is 0 Å². The normalized spacial score (nSPS) is 13.9. The molecule has 1 aromatic carbocycles. The zero-order chi connectivity index (χ0) is 17.8. The van der Waals surface area contributed by atoms with Gasteiger partial charge in [0.1, 0.15) is 5.82 Å². The zero-order valence-electron chi connectivity index (χ0n) is 15.1. The Bertz CT molecular complexity index is 729. The van der Waals surface area contributed by atoms with Crippen molar-refractivity contribution in [3.8, 4) is 0 Å². The van der Waals surface area contributed by atoms with Gasteiger partial charge in [0.05, 0.1) is 0 Å². The highest BCUT2D eigenvalue weighted by atomic mass is 16.2. The van der Waals surface area contributed by atoms with Crippen molar-refractivity contribution in [2.75, 3.05) is 44.0 Å². The molecule has 1 aliphatic heterocycles. The molecular formula is C19H25N5O. The molecule has 0 saturated heterocycles. The van der Waals surface area contributed by atoms with Crippen LogP contribution in [0.4, 0.5) is 16.3 Å². The Morgan fingerprint density at radius 2 is 2.00 bits per heavy atom. The third kappa shape index (κ3) is 4.02. The number of anilines is 2. The lowest BCUT2D eigenvalue weighted by Crippen LogP contribution is -2.41. The van der Waals surface area contributed by atoms with Crippen molar-refractivity contribution in [3.05, 3.63) is 53.7 Å². The first-order valence-corrected chi connectivity index (χ1v) is 8.48. The van der Waals surface area contributed by atoms with E-state index in [0.717, 1.165) is 17.9 Å². The number of nitrogens with zero attached hydrogens (tertiary/aromatic N) is 4. The molecule has 2 aromatic rings. The van der Waals surface area contributed by atoms with E-state index in [0.29, 0.717) is 19.6 Å². The van der Waals surface area contributed by atoms with Crippen LogP contribution in [0.1, 0.15) is 11.1 Å². The molecule has 0 unspecified atom stereocenters. The number of benzene rings is 1. The molecular weight excluding hydrogens is 314 g/mol. The highest BCUT2D eigenvalue weighted by Crippen LogP contribution is 2.23. The fraction of sp³-hybridized carbons (Fsp3) is 0.368. The average molecular weight is 339 g/mol. The predicted octanol–water partition coefficient (Wildman–Crippen LogP) is 2.31. The van der Waals surface area contributed by atoms with E-state index in [1.54, 1.807) is 6.20 Å². The van der Waals surface area contributed by atoms with Crippen molar-refractivity contribution >= 4 is 17.5 Å². The van der Waals surface area contributed by atoms with Gasteiger partial charge in [0.15, 0.2) is 0 Å². The highest BCUT2D eigenvalue weighted by molar-refractivity contribution is 5.75. The Kier molecular flexibility index (Phi) is 5.07. The summed E-state index contributed by atoms with van der Waals surface area (Å²) in [6, 6.07) is 12.2. The molecule has 1 N–H and O–H groups in total. The van der Waals surface area contributed by atoms with Gasteiger partial charge in [-0.25, -0.2) is 9.78 Å². The third-order valence-electron chi connectivity index (χ3n) is 4.47. The van der Waals surface area contributed by atoms with Crippen molar-refractivity contribution < 1.29 is 4.79 Å². The number of fused-ring (bicyclic) bond motifs is 1. The van der Waals surface area contributed by atoms with Crippen molar-refractivity contribution in [1.82, 2.24) is 15.2 Å². The minimum atomic E-state index is -0.0400. The first-order valence-electron chi connectivity index (χ1n) is 8.48. The van der Waals surface area contributed by atoms with E-state index in [1.807, 2.05) is 48.2 Å². The van der Waals surface area contributed by atoms with Crippen LogP contribution >= 0.6 is 0 Å². The van der Waals surface area contributed by atoms with Crippen molar-refractivity contribution in [2.24, 2.45) is 0 Å². The van der Waals surface area contributed by atoms with Crippen LogP contribution in [-0.4, -0.2) is 50.1 Å². The molecule has 132 valence electrons. The van der Waals surface area contributed by atoms with Gasteiger partial charge in [-0.3, -0.25) is 0 Å². The van der Waals surface area contributed by atoms with E-state index in [-0.39, 0.29) is 6.03 Å². The van der Waals surface area contributed by atoms with E-state index in [1.165, 1.54) is 11.3 Å². The SMILES string of the molecule is CN(C)c1ccc(CNC(=O)N2CCN(C)c3ccccc3C2)cn1. The van der Waals surface area contributed by atoms with Crippen LogP contribution < -0.4 is 15.1 Å². The van der Waals surface area contributed by atoms with Gasteiger partial charge in [-0.15, -0.1) is 0 Å². The number of likely N-dealkylation sites (N-methyl/N-ethyl adjacent to an activating group) is 1. The number of hydrogen-bond donors (Lipinski definition) is 1. The molecule has 6 nitrogen and oxygen atoms in total. The number of nitrogens with one attached hydrogen (secondary N) is 1. The van der Waals surface area contributed by atoms with Crippen LogP contribution in [-0.2, 0) is 13.1 Å². The quantitative estimate of drug-likeness (QED) is 0.932. The zero-order valence-corrected chi connectivity index (χ0v) is 15.1. The lowest BCUT2D eigenvalue weighted by Gasteiger charge is -2.21. The summed E-state index contributed by atoms with van der Waals surface area (Å²) in [4.78, 5) is 23.0. The molecule has 0 saturated carbocycles. The van der Waals surface area contributed by atoms with E-state index in [4.69, 9.17) is 0 Å². The summed E-state index contributed by atoms with van der Waals surface area (Å²) >= 11 is 0. The number of carbonyl (C=O) groups excluding carboxylic acids is 1. The summed E-state index contributed by atoms with van der Waals surface area (Å²) in [6.07, 6.45) is 1.81. The third-order valence-corrected chi connectivity index (χ3v) is 4.47. The molecule has 1 aromatic heterocycles. The number of pyridine rings is 1. The van der Waals surface area contributed by atoms with Crippen LogP contribution in [0.5, 0.6) is 0 Å². The minimum Gasteiger partial charge on any atom is -0.373 e. The molecule has 0 radical (unpaired) electrons. The van der Waals surface area contributed by atoms with Gasteiger partial charge in [0, 0.05) is 59.2 Å². The van der Waals surface area contributed by atoms with Crippen molar-refractivity contribution in [3.63, 3.8) is 0 Å². The Morgan fingerprint density at radius 3 is 2.72 bits per heavy atom. The standard InChI is InChI=1S/C19H25N5O/c1-22(2)18-9-8-15(12-20-18)13-21-19(25)24-11-10-23(3)17-7-5-4-6-16(17)14-24/h4-9,12H,10-11,13-14H2,1-3H3,(H,21,25). The van der Waals surface area contributed by atoms with E-state index >= 15 is 0 Å². The Balaban J connectivity index is 1.61. The van der Waals surface area contributed by atoms with Crippen LogP contribution in [0, 0.1) is 0 Å². The van der Waals surface area contributed by atoms with Gasteiger partial charge in [-0.2, -0.15) is 0 Å². The molecule has 25 heavy (non-hydrogen) atoms. The molecule has 0 aliphatic carbocycles. The summed E-state index contributed by atoms with van der Waals surface area (Å²) in [5.74, 6) is 0.905. The van der Waals surface area contributed by atoms with E-state index in [2.05, 4.69) is 34.4 Å². The summed E-state index contributed by atoms with van der Waals surface area (Å²) < 4.78 is 0. The van der Waals surface area contributed by atoms with Gasteiger partial charge in [0.2, 0.25) is 0 Å². The topological polar surface area (TPSA) is 51.7 Å². The second-order valence-corrected chi connectivity index (χ2v) is 6.55. The number of aromatic nitrogens is 1. The van der Waals surface area contributed by atoms with E-state index < -0.39 is 0 Å². The van der Waals surface area contributed by atoms with Crippen LogP contribution in [0.3, 0.4) is 0 Å². The monoisotopic (exact) mass is 339 g/mol. The minimum absolute atomic E-state index is 0.0400. The lowest BCUT2D eigenvalue weighted by atomic mass is 10.1. The molecule has 0 bridgehead atoms. The number of para-hydroxylation sites is 1. The average Bonchev–Trinajstić information content (AvgIpc) is 2.79. The van der Waals surface area contributed by atoms with Crippen molar-refractivity contribution in [1.29, 1.82) is 0 Å². The molecule has 2 heterocycles.